The predicted molar refractivity (Wildman–Crippen MR) is 62.0 cm³/mol. The molecule has 0 heterocycles. The van der Waals surface area contributed by atoms with E-state index in [1.54, 1.807) is 23.9 Å². The van der Waals surface area contributed by atoms with Gasteiger partial charge in [-0.1, -0.05) is 15.9 Å². The summed E-state index contributed by atoms with van der Waals surface area (Å²) in [6, 6.07) is 4.95. The second-order valence-corrected chi connectivity index (χ2v) is 4.89. The van der Waals surface area contributed by atoms with Crippen LogP contribution in [0.25, 0.3) is 0 Å². The Morgan fingerprint density at radius 3 is 2.93 bits per heavy atom. The maximum atomic E-state index is 13.2. The third-order valence-electron chi connectivity index (χ3n) is 1.71. The molecular formula is C10H12BrFOS. The van der Waals surface area contributed by atoms with Crippen LogP contribution in [0.2, 0.25) is 0 Å². The van der Waals surface area contributed by atoms with Gasteiger partial charge in [-0.15, -0.1) is 0 Å². The lowest BCUT2D eigenvalue weighted by molar-refractivity contribution is 0.296. The van der Waals surface area contributed by atoms with Gasteiger partial charge in [0.2, 0.25) is 0 Å². The van der Waals surface area contributed by atoms with E-state index in [4.69, 9.17) is 5.11 Å². The summed E-state index contributed by atoms with van der Waals surface area (Å²) in [7, 11) is 0. The molecule has 1 rings (SSSR count). The molecule has 0 amide bonds. The molecule has 0 fully saturated rings. The molecule has 0 aliphatic heterocycles. The molecule has 0 bridgehead atoms. The molecule has 0 saturated carbocycles. The van der Waals surface area contributed by atoms with Gasteiger partial charge in [-0.2, -0.15) is 11.8 Å². The van der Waals surface area contributed by atoms with Crippen LogP contribution in [0.4, 0.5) is 4.39 Å². The number of rotatable bonds is 5. The van der Waals surface area contributed by atoms with Crippen LogP contribution >= 0.6 is 27.7 Å². The Bertz CT molecular complexity index is 293. The van der Waals surface area contributed by atoms with Crippen LogP contribution in [0.5, 0.6) is 0 Å². The molecular weight excluding hydrogens is 267 g/mol. The fourth-order valence-corrected chi connectivity index (χ4v) is 2.33. The van der Waals surface area contributed by atoms with E-state index in [2.05, 4.69) is 15.9 Å². The fourth-order valence-electron chi connectivity index (χ4n) is 1.00. The SMILES string of the molecule is OCCCSCc1cc(Br)ccc1F. The van der Waals surface area contributed by atoms with Crippen molar-refractivity contribution in [3.63, 3.8) is 0 Å². The van der Waals surface area contributed by atoms with E-state index in [1.807, 2.05) is 0 Å². The Hall–Kier alpha value is -0.0600. The van der Waals surface area contributed by atoms with Crippen LogP contribution in [0.1, 0.15) is 12.0 Å². The van der Waals surface area contributed by atoms with Crippen LogP contribution in [0.15, 0.2) is 22.7 Å². The van der Waals surface area contributed by atoms with Crippen LogP contribution < -0.4 is 0 Å². The summed E-state index contributed by atoms with van der Waals surface area (Å²) in [4.78, 5) is 0. The summed E-state index contributed by atoms with van der Waals surface area (Å²) in [6.07, 6.45) is 0.764. The van der Waals surface area contributed by atoms with Gasteiger partial charge in [0.1, 0.15) is 5.82 Å². The molecule has 1 aromatic carbocycles. The van der Waals surface area contributed by atoms with Gasteiger partial charge in [0, 0.05) is 16.8 Å². The molecule has 4 heteroatoms. The van der Waals surface area contributed by atoms with E-state index in [9.17, 15) is 4.39 Å². The summed E-state index contributed by atoms with van der Waals surface area (Å²) < 4.78 is 14.1. The molecule has 78 valence electrons. The maximum Gasteiger partial charge on any atom is 0.127 e. The van der Waals surface area contributed by atoms with Gasteiger partial charge in [-0.3, -0.25) is 0 Å². The van der Waals surface area contributed by atoms with Gasteiger partial charge < -0.3 is 5.11 Å². The molecule has 0 aromatic heterocycles. The lowest BCUT2D eigenvalue weighted by Crippen LogP contribution is -1.90. The van der Waals surface area contributed by atoms with Crippen molar-refractivity contribution in [2.24, 2.45) is 0 Å². The molecule has 1 N–H and O–H groups in total. The molecule has 1 nitrogen and oxygen atoms in total. The number of aliphatic hydroxyl groups is 1. The number of benzene rings is 1. The Morgan fingerprint density at radius 1 is 1.43 bits per heavy atom. The van der Waals surface area contributed by atoms with Crippen molar-refractivity contribution in [1.82, 2.24) is 0 Å². The van der Waals surface area contributed by atoms with Gasteiger partial charge in [0.05, 0.1) is 0 Å². The van der Waals surface area contributed by atoms with Crippen molar-refractivity contribution in [1.29, 1.82) is 0 Å². The third kappa shape index (κ3) is 3.98. The first-order valence-corrected chi connectivity index (χ1v) is 6.31. The predicted octanol–water partition coefficient (Wildman–Crippen LogP) is 3.20. The Balaban J connectivity index is 2.45. The second kappa shape index (κ2) is 6.43. The largest absolute Gasteiger partial charge is 0.396 e. The van der Waals surface area contributed by atoms with Gasteiger partial charge in [-0.05, 0) is 35.9 Å². The normalized spacial score (nSPS) is 10.5. The van der Waals surface area contributed by atoms with Crippen molar-refractivity contribution >= 4 is 27.7 Å². The minimum Gasteiger partial charge on any atom is -0.396 e. The van der Waals surface area contributed by atoms with Crippen molar-refractivity contribution < 1.29 is 9.50 Å². The Morgan fingerprint density at radius 2 is 2.21 bits per heavy atom. The molecule has 0 radical (unpaired) electrons. The molecule has 0 atom stereocenters. The Kier molecular flexibility index (Phi) is 5.52. The highest BCUT2D eigenvalue weighted by atomic mass is 79.9. The number of thioether (sulfide) groups is 1. The van der Waals surface area contributed by atoms with E-state index in [0.717, 1.165) is 16.6 Å². The fraction of sp³-hybridized carbons (Fsp3) is 0.400. The van der Waals surface area contributed by atoms with Gasteiger partial charge in [-0.25, -0.2) is 4.39 Å². The lowest BCUT2D eigenvalue weighted by Gasteiger charge is -2.03. The highest BCUT2D eigenvalue weighted by Gasteiger charge is 2.02. The van der Waals surface area contributed by atoms with Crippen LogP contribution in [0, 0.1) is 5.82 Å². The van der Waals surface area contributed by atoms with Crippen LogP contribution in [-0.2, 0) is 5.75 Å². The zero-order chi connectivity index (χ0) is 10.4. The minimum absolute atomic E-state index is 0.162. The number of hydrogen-bond acceptors (Lipinski definition) is 2. The topological polar surface area (TPSA) is 20.2 Å². The van der Waals surface area contributed by atoms with E-state index >= 15 is 0 Å². The van der Waals surface area contributed by atoms with Crippen molar-refractivity contribution in [3.8, 4) is 0 Å². The molecule has 0 saturated heterocycles. The quantitative estimate of drug-likeness (QED) is 0.835. The first-order valence-electron chi connectivity index (χ1n) is 4.36. The summed E-state index contributed by atoms with van der Waals surface area (Å²) in [5, 5.41) is 8.57. The van der Waals surface area contributed by atoms with Crippen LogP contribution in [-0.4, -0.2) is 17.5 Å². The highest BCUT2D eigenvalue weighted by Crippen LogP contribution is 2.20. The average Bonchev–Trinajstić information content (AvgIpc) is 2.18. The molecule has 0 aliphatic rings. The molecule has 0 aliphatic carbocycles. The number of hydrogen-bond donors (Lipinski definition) is 1. The van der Waals surface area contributed by atoms with E-state index in [0.29, 0.717) is 11.3 Å². The molecule has 0 spiro atoms. The smallest absolute Gasteiger partial charge is 0.127 e. The lowest BCUT2D eigenvalue weighted by atomic mass is 10.2. The summed E-state index contributed by atoms with van der Waals surface area (Å²) >= 11 is 4.94. The first kappa shape index (κ1) is 12.0. The average molecular weight is 279 g/mol. The van der Waals surface area contributed by atoms with Crippen LogP contribution in [0.3, 0.4) is 0 Å². The number of aliphatic hydroxyl groups excluding tert-OH is 1. The minimum atomic E-state index is -0.162. The van der Waals surface area contributed by atoms with Gasteiger partial charge in [0.25, 0.3) is 0 Å². The zero-order valence-corrected chi connectivity index (χ0v) is 10.1. The number of halogens is 2. The summed E-state index contributed by atoms with van der Waals surface area (Å²) in [5.74, 6) is 1.36. The standard InChI is InChI=1S/C10H12BrFOS/c11-9-2-3-10(12)8(6-9)7-14-5-1-4-13/h2-3,6,13H,1,4-5,7H2. The van der Waals surface area contributed by atoms with Crippen molar-refractivity contribution in [2.75, 3.05) is 12.4 Å². The van der Waals surface area contributed by atoms with Gasteiger partial charge in [0.15, 0.2) is 0 Å². The summed E-state index contributed by atoms with van der Waals surface area (Å²) in [6.45, 7) is 0.202. The second-order valence-electron chi connectivity index (χ2n) is 2.87. The zero-order valence-electron chi connectivity index (χ0n) is 7.67. The Labute approximate surface area is 95.8 Å². The maximum absolute atomic E-state index is 13.2. The first-order chi connectivity index (χ1) is 6.74. The highest BCUT2D eigenvalue weighted by molar-refractivity contribution is 9.10. The third-order valence-corrected chi connectivity index (χ3v) is 3.30. The molecule has 1 aromatic rings. The molecule has 14 heavy (non-hydrogen) atoms. The monoisotopic (exact) mass is 278 g/mol. The van der Waals surface area contributed by atoms with Crippen molar-refractivity contribution in [3.05, 3.63) is 34.1 Å². The van der Waals surface area contributed by atoms with Crippen molar-refractivity contribution in [2.45, 2.75) is 12.2 Å². The van der Waals surface area contributed by atoms with E-state index < -0.39 is 0 Å². The van der Waals surface area contributed by atoms with E-state index in [-0.39, 0.29) is 12.4 Å². The van der Waals surface area contributed by atoms with Gasteiger partial charge >= 0.3 is 0 Å². The summed E-state index contributed by atoms with van der Waals surface area (Å²) in [5.41, 5.74) is 0.710. The molecule has 0 unspecified atom stereocenters. The van der Waals surface area contributed by atoms with E-state index in [1.165, 1.54) is 6.07 Å².